The van der Waals surface area contributed by atoms with Crippen LogP contribution in [0.25, 0.3) is 0 Å². The van der Waals surface area contributed by atoms with E-state index in [9.17, 15) is 19.0 Å². The van der Waals surface area contributed by atoms with Gasteiger partial charge >= 0.3 is 11.9 Å². The highest BCUT2D eigenvalue weighted by Crippen LogP contribution is 2.38. The van der Waals surface area contributed by atoms with E-state index in [1.807, 2.05) is 33.3 Å². The summed E-state index contributed by atoms with van der Waals surface area (Å²) >= 11 is 0. The van der Waals surface area contributed by atoms with Crippen molar-refractivity contribution in [1.29, 1.82) is 0 Å². The molecule has 0 radical (unpaired) electrons. The van der Waals surface area contributed by atoms with Crippen LogP contribution in [0, 0.1) is 0 Å². The van der Waals surface area contributed by atoms with Crippen molar-refractivity contribution in [3.63, 3.8) is 0 Å². The topological polar surface area (TPSA) is 111 Å². The molecule has 0 rings (SSSR count). The van der Waals surface area contributed by atoms with Crippen molar-refractivity contribution in [3.8, 4) is 0 Å². The summed E-state index contributed by atoms with van der Waals surface area (Å²) < 4.78 is 33.6. The van der Waals surface area contributed by atoms with E-state index in [0.29, 0.717) is 11.0 Å². The van der Waals surface area contributed by atoms with Crippen LogP contribution >= 0.6 is 7.82 Å². The van der Waals surface area contributed by atoms with Gasteiger partial charge in [-0.2, -0.15) is 0 Å². The number of hydrogen-bond donors (Lipinski definition) is 0. The Labute approximate surface area is 319 Å². The van der Waals surface area contributed by atoms with Crippen molar-refractivity contribution in [2.24, 2.45) is 0 Å². The number of allylic oxidation sites excluding steroid dienone is 3. The predicted molar refractivity (Wildman–Crippen MR) is 213 cm³/mol. The van der Waals surface area contributed by atoms with Crippen LogP contribution in [0.3, 0.4) is 0 Å². The minimum atomic E-state index is -4.64. The van der Waals surface area contributed by atoms with Crippen LogP contribution in [0.5, 0.6) is 0 Å². The second-order valence-electron chi connectivity index (χ2n) is 15.4. The summed E-state index contributed by atoms with van der Waals surface area (Å²) in [4.78, 5) is 37.3. The monoisotopic (exact) mass is 758 g/mol. The summed E-state index contributed by atoms with van der Waals surface area (Å²) in [5.74, 6) is -1.08. The number of carbonyl (C=O) groups is 2. The summed E-state index contributed by atoms with van der Waals surface area (Å²) in [6.07, 6.45) is 36.9. The first-order valence-corrected chi connectivity index (χ1v) is 22.5. The van der Waals surface area contributed by atoms with Gasteiger partial charge in [-0.05, 0) is 19.3 Å². The fourth-order valence-corrected chi connectivity index (χ4v) is 6.47. The van der Waals surface area contributed by atoms with Crippen molar-refractivity contribution in [1.82, 2.24) is 0 Å². The first-order chi connectivity index (χ1) is 25.0. The second-order valence-corrected chi connectivity index (χ2v) is 16.8. The maximum absolute atomic E-state index is 12.5. The molecule has 0 aliphatic carbocycles. The van der Waals surface area contributed by atoms with Crippen molar-refractivity contribution in [2.75, 3.05) is 47.5 Å². The van der Waals surface area contributed by atoms with E-state index in [1.54, 1.807) is 6.08 Å². The average Bonchev–Trinajstić information content (AvgIpc) is 3.09. The van der Waals surface area contributed by atoms with Crippen LogP contribution in [0.15, 0.2) is 24.3 Å². The molecule has 0 saturated carbocycles. The molecule has 0 aromatic rings. The Hall–Kier alpha value is -1.51. The number of ether oxygens (including phenoxy) is 2. The Morgan fingerprint density at radius 1 is 0.635 bits per heavy atom. The number of likely N-dealkylation sites (N-methyl/N-ethyl adjacent to an activating group) is 1. The Morgan fingerprint density at radius 2 is 1.10 bits per heavy atom. The van der Waals surface area contributed by atoms with Gasteiger partial charge in [-0.3, -0.25) is 9.36 Å². The molecule has 0 aliphatic heterocycles. The molecular formula is C42H80NO8P. The van der Waals surface area contributed by atoms with Gasteiger partial charge in [0.2, 0.25) is 0 Å². The minimum Gasteiger partial charge on any atom is -0.756 e. The summed E-state index contributed by atoms with van der Waals surface area (Å²) in [6.45, 7) is 4.10. The highest BCUT2D eigenvalue weighted by atomic mass is 31.2. The highest BCUT2D eigenvalue weighted by Gasteiger charge is 2.21. The maximum Gasteiger partial charge on any atom is 0.331 e. The number of esters is 2. The number of hydrogen-bond acceptors (Lipinski definition) is 8. The smallest absolute Gasteiger partial charge is 0.331 e. The van der Waals surface area contributed by atoms with E-state index in [0.717, 1.165) is 32.1 Å². The van der Waals surface area contributed by atoms with Crippen LogP contribution < -0.4 is 4.89 Å². The highest BCUT2D eigenvalue weighted by molar-refractivity contribution is 7.45. The molecule has 306 valence electrons. The molecule has 0 heterocycles. The molecule has 1 unspecified atom stereocenters. The lowest BCUT2D eigenvalue weighted by atomic mass is 10.0. The Morgan fingerprint density at radius 3 is 1.58 bits per heavy atom. The van der Waals surface area contributed by atoms with Crippen LogP contribution in [-0.2, 0) is 32.7 Å². The van der Waals surface area contributed by atoms with E-state index in [-0.39, 0.29) is 19.6 Å². The lowest BCUT2D eigenvalue weighted by Crippen LogP contribution is -2.37. The van der Waals surface area contributed by atoms with Gasteiger partial charge in [0.1, 0.15) is 19.8 Å². The lowest BCUT2D eigenvalue weighted by molar-refractivity contribution is -0.870. The Balaban J connectivity index is 4.48. The van der Waals surface area contributed by atoms with Crippen molar-refractivity contribution in [2.45, 2.75) is 187 Å². The zero-order chi connectivity index (χ0) is 38.6. The molecule has 0 saturated heterocycles. The van der Waals surface area contributed by atoms with E-state index >= 15 is 0 Å². The van der Waals surface area contributed by atoms with Crippen LogP contribution in [0.4, 0.5) is 0 Å². The number of phosphoric ester groups is 1. The van der Waals surface area contributed by atoms with E-state index in [4.69, 9.17) is 18.5 Å². The van der Waals surface area contributed by atoms with E-state index < -0.39 is 32.5 Å². The average molecular weight is 758 g/mol. The standard InChI is InChI=1S/C42H80NO8P/c1-6-8-10-12-14-16-18-20-21-23-25-27-29-31-33-35-42(45)51-40(39-50-52(46,47)49-37-36-43(3,4)5)38-48-41(44)34-32-30-28-26-24-22-19-17-15-13-11-9-7-2/h29,31,33,35,40H,6-28,30,32,34,36-39H2,1-5H3/b31-29+,35-33+/t40-/m1/s1. The minimum absolute atomic E-state index is 0.0445. The van der Waals surface area contributed by atoms with Crippen molar-refractivity contribution in [3.05, 3.63) is 24.3 Å². The quantitative estimate of drug-likeness (QED) is 0.0153. The molecule has 10 heteroatoms. The summed E-state index contributed by atoms with van der Waals surface area (Å²) in [6, 6.07) is 0. The lowest BCUT2D eigenvalue weighted by Gasteiger charge is -2.28. The molecule has 2 atom stereocenters. The number of unbranched alkanes of at least 4 members (excludes halogenated alkanes) is 23. The zero-order valence-electron chi connectivity index (χ0n) is 34.3. The molecular weight excluding hydrogens is 677 g/mol. The fraction of sp³-hybridized carbons (Fsp3) is 0.857. The van der Waals surface area contributed by atoms with Gasteiger partial charge in [-0.15, -0.1) is 0 Å². The van der Waals surface area contributed by atoms with Crippen LogP contribution in [0.1, 0.15) is 181 Å². The number of nitrogens with zero attached hydrogens (tertiary/aromatic N) is 1. The van der Waals surface area contributed by atoms with Gasteiger partial charge in [0, 0.05) is 12.5 Å². The van der Waals surface area contributed by atoms with Crippen LogP contribution in [0.2, 0.25) is 0 Å². The third-order valence-corrected chi connectivity index (χ3v) is 10.0. The summed E-state index contributed by atoms with van der Waals surface area (Å²) in [5.41, 5.74) is 0. The Kier molecular flexibility index (Phi) is 34.2. The molecule has 0 aromatic carbocycles. The van der Waals surface area contributed by atoms with E-state index in [1.165, 1.54) is 134 Å². The number of rotatable bonds is 38. The largest absolute Gasteiger partial charge is 0.756 e. The summed E-state index contributed by atoms with van der Waals surface area (Å²) in [7, 11) is 1.12. The molecule has 52 heavy (non-hydrogen) atoms. The third-order valence-electron chi connectivity index (χ3n) is 9.08. The molecule has 0 amide bonds. The second kappa shape index (κ2) is 35.2. The molecule has 0 bridgehead atoms. The number of quaternary nitrogens is 1. The molecule has 9 nitrogen and oxygen atoms in total. The van der Waals surface area contributed by atoms with Crippen molar-refractivity contribution >= 4 is 19.8 Å². The predicted octanol–water partition coefficient (Wildman–Crippen LogP) is 10.9. The van der Waals surface area contributed by atoms with Gasteiger partial charge in [0.15, 0.2) is 6.10 Å². The maximum atomic E-state index is 12.5. The molecule has 0 fully saturated rings. The van der Waals surface area contributed by atoms with Gasteiger partial charge < -0.3 is 27.9 Å². The first-order valence-electron chi connectivity index (χ1n) is 21.1. The zero-order valence-corrected chi connectivity index (χ0v) is 35.2. The molecule has 0 aliphatic rings. The van der Waals surface area contributed by atoms with E-state index in [2.05, 4.69) is 13.8 Å². The Bertz CT molecular complexity index is 949. The van der Waals surface area contributed by atoms with Gasteiger partial charge in [0.05, 0.1) is 27.7 Å². The third kappa shape index (κ3) is 38.2. The summed E-state index contributed by atoms with van der Waals surface area (Å²) in [5, 5.41) is 0. The normalized spacial score (nSPS) is 13.9. The number of carbonyl (C=O) groups excluding carboxylic acids is 2. The van der Waals surface area contributed by atoms with Gasteiger partial charge in [-0.25, -0.2) is 4.79 Å². The number of phosphoric acid groups is 1. The molecule has 0 spiro atoms. The first kappa shape index (κ1) is 50.5. The van der Waals surface area contributed by atoms with Gasteiger partial charge in [-0.1, -0.05) is 173 Å². The van der Waals surface area contributed by atoms with Gasteiger partial charge in [0.25, 0.3) is 7.82 Å². The SMILES string of the molecule is CCCCCCCCCCCCC/C=C/C=C/C(=O)O[C@H](COC(=O)CCCCCCCCCCCCCCC)COP(=O)([O-])OCC[N+](C)(C)C. The molecule has 0 aromatic heterocycles. The van der Waals surface area contributed by atoms with Crippen LogP contribution in [-0.4, -0.2) is 70.0 Å². The molecule has 0 N–H and O–H groups in total. The van der Waals surface area contributed by atoms with Crippen molar-refractivity contribution < 1.29 is 42.1 Å². The fourth-order valence-electron chi connectivity index (χ4n) is 5.74.